The molecule has 4 aromatic rings. The minimum absolute atomic E-state index is 0.134. The molecule has 0 bridgehead atoms. The zero-order chi connectivity index (χ0) is 18.1. The number of nitrogens with zero attached hydrogens (tertiary/aromatic N) is 3. The van der Waals surface area contributed by atoms with Gasteiger partial charge in [-0.1, -0.05) is 18.2 Å². The Kier molecular flexibility index (Phi) is 3.97. The van der Waals surface area contributed by atoms with Crippen molar-refractivity contribution in [3.63, 3.8) is 0 Å². The number of carboxylic acids is 1. The maximum Gasteiger partial charge on any atom is 0.0795 e. The first kappa shape index (κ1) is 16.0. The molecule has 0 fully saturated rings. The fourth-order valence-corrected chi connectivity index (χ4v) is 3.19. The van der Waals surface area contributed by atoms with Gasteiger partial charge >= 0.3 is 0 Å². The molecule has 0 saturated heterocycles. The average Bonchev–Trinajstić information content (AvgIpc) is 3.19. The number of rotatable bonds is 4. The summed E-state index contributed by atoms with van der Waals surface area (Å²) in [4.78, 5) is 15.8. The Bertz CT molecular complexity index is 1080. The monoisotopic (exact) mass is 342 g/mol. The van der Waals surface area contributed by atoms with Gasteiger partial charge in [0.25, 0.3) is 0 Å². The molecule has 5 heteroatoms. The fourth-order valence-electron chi connectivity index (χ4n) is 3.19. The number of fused-ring (bicyclic) bond motifs is 1. The molecule has 5 nitrogen and oxygen atoms in total. The summed E-state index contributed by atoms with van der Waals surface area (Å²) in [6, 6.07) is 15.3. The molecule has 4 rings (SSSR count). The topological polar surface area (TPSA) is 70.8 Å². The Labute approximate surface area is 150 Å². The second-order valence-corrected chi connectivity index (χ2v) is 6.19. The fraction of sp³-hybridized carbons (Fsp3) is 0.0952. The third-order valence-electron chi connectivity index (χ3n) is 4.59. The number of carbonyl (C=O) groups excluding carboxylic acids is 1. The van der Waals surface area contributed by atoms with E-state index in [1.165, 1.54) is 0 Å². The molecule has 0 N–H and O–H groups in total. The molecule has 0 atom stereocenters. The number of carboxylic acid groups (broad SMARTS) is 1. The molecule has 0 saturated carbocycles. The first-order valence-corrected chi connectivity index (χ1v) is 8.31. The zero-order valence-electron chi connectivity index (χ0n) is 14.2. The highest BCUT2D eigenvalue weighted by Crippen LogP contribution is 2.26. The summed E-state index contributed by atoms with van der Waals surface area (Å²) in [6.45, 7) is 2.00. The second-order valence-electron chi connectivity index (χ2n) is 6.19. The van der Waals surface area contributed by atoms with Gasteiger partial charge in [-0.2, -0.15) is 5.10 Å². The highest BCUT2D eigenvalue weighted by atomic mass is 16.4. The first-order valence-electron chi connectivity index (χ1n) is 8.31. The highest BCUT2D eigenvalue weighted by Gasteiger charge is 2.11. The molecular weight excluding hydrogens is 326 g/mol. The number of benzene rings is 2. The largest absolute Gasteiger partial charge is 0.545 e. The van der Waals surface area contributed by atoms with Crippen LogP contribution in [0, 0.1) is 6.92 Å². The predicted octanol–water partition coefficient (Wildman–Crippen LogP) is 2.68. The van der Waals surface area contributed by atoms with Crippen molar-refractivity contribution >= 4 is 16.9 Å². The third-order valence-corrected chi connectivity index (χ3v) is 4.59. The first-order chi connectivity index (χ1) is 12.6. The molecule has 0 aliphatic heterocycles. The molecule has 0 unspecified atom stereocenters. The number of hydrogen-bond acceptors (Lipinski definition) is 4. The molecule has 2 heterocycles. The van der Waals surface area contributed by atoms with E-state index in [0.717, 1.165) is 27.8 Å². The van der Waals surface area contributed by atoms with E-state index in [0.29, 0.717) is 11.9 Å². The number of hydrogen-bond donors (Lipinski definition) is 0. The van der Waals surface area contributed by atoms with Crippen molar-refractivity contribution in [3.05, 3.63) is 89.4 Å². The van der Waals surface area contributed by atoms with E-state index in [-0.39, 0.29) is 5.56 Å². The normalized spacial score (nSPS) is 11.0. The summed E-state index contributed by atoms with van der Waals surface area (Å²) in [6.07, 6.45) is 5.86. The van der Waals surface area contributed by atoms with Crippen LogP contribution < -0.4 is 5.11 Å². The molecule has 2 aromatic heterocycles. The van der Waals surface area contributed by atoms with Gasteiger partial charge in [-0.05, 0) is 60.4 Å². The van der Waals surface area contributed by atoms with Crippen molar-refractivity contribution in [2.45, 2.75) is 13.3 Å². The quantitative estimate of drug-likeness (QED) is 0.572. The van der Waals surface area contributed by atoms with E-state index >= 15 is 0 Å². The van der Waals surface area contributed by atoms with Gasteiger partial charge in [0.2, 0.25) is 0 Å². The van der Waals surface area contributed by atoms with Crippen LogP contribution in [-0.4, -0.2) is 20.7 Å². The van der Waals surface area contributed by atoms with Gasteiger partial charge in [-0.15, -0.1) is 0 Å². The average molecular weight is 342 g/mol. The Balaban J connectivity index is 1.73. The molecule has 0 aliphatic carbocycles. The molecule has 0 spiro atoms. The summed E-state index contributed by atoms with van der Waals surface area (Å²) < 4.78 is 1.80. The van der Waals surface area contributed by atoms with Crippen molar-refractivity contribution in [1.82, 2.24) is 14.8 Å². The number of aromatic nitrogens is 3. The second kappa shape index (κ2) is 6.44. The van der Waals surface area contributed by atoms with Crippen LogP contribution >= 0.6 is 0 Å². The van der Waals surface area contributed by atoms with Gasteiger partial charge in [0.1, 0.15) is 0 Å². The van der Waals surface area contributed by atoms with E-state index in [4.69, 9.17) is 0 Å². The Hall–Kier alpha value is -3.47. The lowest BCUT2D eigenvalue weighted by molar-refractivity contribution is -0.254. The van der Waals surface area contributed by atoms with Crippen LogP contribution in [0.5, 0.6) is 0 Å². The standard InChI is InChI=1S/C21H17N3O2/c1-14-16(13-19(21(25)26)20-18(14)4-2-9-22-20)12-15-5-7-17(8-6-15)24-11-3-10-23-24/h2-11,13H,12H2,1H3,(H,25,26)/p-1. The Morgan fingerprint density at radius 3 is 2.62 bits per heavy atom. The SMILES string of the molecule is Cc1c(Cc2ccc(-n3cccn3)cc2)cc(C(=O)[O-])c2ncccc12. The van der Waals surface area contributed by atoms with Gasteiger partial charge < -0.3 is 9.90 Å². The van der Waals surface area contributed by atoms with Gasteiger partial charge in [-0.3, -0.25) is 4.98 Å². The van der Waals surface area contributed by atoms with Gasteiger partial charge in [0.15, 0.2) is 0 Å². The van der Waals surface area contributed by atoms with E-state index < -0.39 is 5.97 Å². The van der Waals surface area contributed by atoms with Crippen LogP contribution in [0.2, 0.25) is 0 Å². The molecule has 0 radical (unpaired) electrons. The van der Waals surface area contributed by atoms with Crippen LogP contribution in [0.15, 0.2) is 67.1 Å². The summed E-state index contributed by atoms with van der Waals surface area (Å²) in [7, 11) is 0. The van der Waals surface area contributed by atoms with Gasteiger partial charge in [0, 0.05) is 29.5 Å². The summed E-state index contributed by atoms with van der Waals surface area (Å²) >= 11 is 0. The van der Waals surface area contributed by atoms with Crippen molar-refractivity contribution in [2.75, 3.05) is 0 Å². The lowest BCUT2D eigenvalue weighted by Crippen LogP contribution is -2.23. The predicted molar refractivity (Wildman–Crippen MR) is 97.2 cm³/mol. The minimum Gasteiger partial charge on any atom is -0.545 e. The van der Waals surface area contributed by atoms with Gasteiger partial charge in [0.05, 0.1) is 17.2 Å². The van der Waals surface area contributed by atoms with Crippen LogP contribution in [0.25, 0.3) is 16.6 Å². The lowest BCUT2D eigenvalue weighted by Gasteiger charge is -2.14. The maximum absolute atomic E-state index is 11.5. The number of pyridine rings is 1. The zero-order valence-corrected chi connectivity index (χ0v) is 14.2. The highest BCUT2D eigenvalue weighted by molar-refractivity contribution is 6.02. The molecule has 0 aliphatic rings. The summed E-state index contributed by atoms with van der Waals surface area (Å²) in [5.74, 6) is -1.20. The molecule has 2 aromatic carbocycles. The Morgan fingerprint density at radius 2 is 1.92 bits per heavy atom. The lowest BCUT2D eigenvalue weighted by atomic mass is 9.94. The maximum atomic E-state index is 11.5. The minimum atomic E-state index is -1.20. The number of aromatic carboxylic acids is 1. The molecular formula is C21H16N3O2-. The molecule has 26 heavy (non-hydrogen) atoms. The summed E-state index contributed by atoms with van der Waals surface area (Å²) in [5.41, 5.74) is 4.67. The van der Waals surface area contributed by atoms with E-state index in [1.807, 2.05) is 55.6 Å². The van der Waals surface area contributed by atoms with E-state index in [9.17, 15) is 9.90 Å². The Morgan fingerprint density at radius 1 is 1.12 bits per heavy atom. The smallest absolute Gasteiger partial charge is 0.0795 e. The van der Waals surface area contributed by atoms with E-state index in [1.54, 1.807) is 23.1 Å². The molecule has 128 valence electrons. The van der Waals surface area contributed by atoms with Crippen LogP contribution in [0.1, 0.15) is 27.0 Å². The van der Waals surface area contributed by atoms with Crippen LogP contribution in [0.4, 0.5) is 0 Å². The number of aryl methyl sites for hydroxylation is 1. The molecule has 0 amide bonds. The van der Waals surface area contributed by atoms with Crippen molar-refractivity contribution < 1.29 is 9.90 Å². The van der Waals surface area contributed by atoms with Gasteiger partial charge in [-0.25, -0.2) is 4.68 Å². The third kappa shape index (κ3) is 2.84. The van der Waals surface area contributed by atoms with Crippen LogP contribution in [0.3, 0.4) is 0 Å². The van der Waals surface area contributed by atoms with E-state index in [2.05, 4.69) is 10.1 Å². The van der Waals surface area contributed by atoms with Crippen molar-refractivity contribution in [1.29, 1.82) is 0 Å². The van der Waals surface area contributed by atoms with Crippen molar-refractivity contribution in [3.8, 4) is 5.69 Å². The summed E-state index contributed by atoms with van der Waals surface area (Å²) in [5, 5.41) is 16.6. The number of carbonyl (C=O) groups is 1. The van der Waals surface area contributed by atoms with Crippen LogP contribution in [-0.2, 0) is 6.42 Å². The van der Waals surface area contributed by atoms with Crippen molar-refractivity contribution in [2.24, 2.45) is 0 Å².